The Hall–Kier alpha value is -1.88. The predicted octanol–water partition coefficient (Wildman–Crippen LogP) is 0.366. The van der Waals surface area contributed by atoms with Crippen molar-refractivity contribution in [1.29, 1.82) is 0 Å². The first-order valence-electron chi connectivity index (χ1n) is 8.42. The van der Waals surface area contributed by atoms with Crippen LogP contribution in [0.3, 0.4) is 0 Å². The van der Waals surface area contributed by atoms with Crippen LogP contribution >= 0.6 is 0 Å². The van der Waals surface area contributed by atoms with Crippen LogP contribution in [0, 0.1) is 5.92 Å². The molecule has 0 radical (unpaired) electrons. The van der Waals surface area contributed by atoms with E-state index in [-0.39, 0.29) is 11.7 Å². The van der Waals surface area contributed by atoms with Gasteiger partial charge in [0.25, 0.3) is 5.91 Å². The molecule has 0 aliphatic carbocycles. The van der Waals surface area contributed by atoms with Crippen molar-refractivity contribution in [2.24, 2.45) is 5.92 Å². The molecule has 2 rings (SSSR count). The number of carbonyl (C=O) groups is 2. The molecule has 5 nitrogen and oxygen atoms in total. The summed E-state index contributed by atoms with van der Waals surface area (Å²) in [4.78, 5) is 26.9. The Morgan fingerprint density at radius 1 is 1.17 bits per heavy atom. The monoisotopic (exact) mass is 318 g/mol. The second-order valence-corrected chi connectivity index (χ2v) is 6.71. The first kappa shape index (κ1) is 17.5. The molecular weight excluding hydrogens is 290 g/mol. The van der Waals surface area contributed by atoms with E-state index in [9.17, 15) is 9.59 Å². The van der Waals surface area contributed by atoms with Crippen LogP contribution in [0.4, 0.5) is 5.69 Å². The molecule has 5 heteroatoms. The maximum Gasteiger partial charge on any atom is 0.275 e. The van der Waals surface area contributed by atoms with Gasteiger partial charge in [0.2, 0.25) is 0 Å². The first-order chi connectivity index (χ1) is 11.0. The molecule has 0 bridgehead atoms. The molecule has 1 aromatic rings. The molecule has 126 valence electrons. The lowest BCUT2D eigenvalue weighted by Crippen LogP contribution is -3.16. The van der Waals surface area contributed by atoms with E-state index in [1.54, 1.807) is 6.92 Å². The van der Waals surface area contributed by atoms with Crippen molar-refractivity contribution in [3.63, 3.8) is 0 Å². The van der Waals surface area contributed by atoms with E-state index in [0.29, 0.717) is 12.5 Å². The van der Waals surface area contributed by atoms with Crippen LogP contribution in [0.15, 0.2) is 24.3 Å². The molecule has 0 unspecified atom stereocenters. The van der Waals surface area contributed by atoms with Crippen LogP contribution in [0.1, 0.15) is 31.1 Å². The normalized spacial score (nSPS) is 15.7. The number of nitrogens with zero attached hydrogens (tertiary/aromatic N) is 1. The molecule has 2 N–H and O–H groups in total. The maximum atomic E-state index is 11.9. The molecule has 0 atom stereocenters. The largest absolute Gasteiger partial charge is 0.360 e. The van der Waals surface area contributed by atoms with E-state index in [2.05, 4.69) is 24.1 Å². The number of Topliss-reactive ketones (excluding diaryl/α,β-unsaturated/α-hetero) is 1. The Morgan fingerprint density at radius 2 is 1.78 bits per heavy atom. The van der Waals surface area contributed by atoms with Crippen molar-refractivity contribution < 1.29 is 14.5 Å². The third-order valence-corrected chi connectivity index (χ3v) is 4.23. The molecule has 0 saturated carbocycles. The first-order valence-corrected chi connectivity index (χ1v) is 8.42. The highest BCUT2D eigenvalue weighted by Crippen LogP contribution is 2.15. The predicted molar refractivity (Wildman–Crippen MR) is 92.1 cm³/mol. The zero-order chi connectivity index (χ0) is 16.8. The lowest BCUT2D eigenvalue weighted by Gasteiger charge is -2.33. The highest BCUT2D eigenvalue weighted by atomic mass is 16.2. The van der Waals surface area contributed by atoms with E-state index >= 15 is 0 Å². The maximum absolute atomic E-state index is 11.9. The summed E-state index contributed by atoms with van der Waals surface area (Å²) in [5, 5.41) is 2.98. The fraction of sp³-hybridized carbons (Fsp3) is 0.556. The number of rotatable bonds is 6. The van der Waals surface area contributed by atoms with E-state index < -0.39 is 0 Å². The van der Waals surface area contributed by atoms with Crippen molar-refractivity contribution in [3.05, 3.63) is 29.8 Å². The number of hydrogen-bond acceptors (Lipinski definition) is 3. The van der Waals surface area contributed by atoms with Crippen LogP contribution in [0.25, 0.3) is 0 Å². The van der Waals surface area contributed by atoms with Gasteiger partial charge in [0.15, 0.2) is 12.3 Å². The molecule has 0 aromatic heterocycles. The second-order valence-electron chi connectivity index (χ2n) is 6.71. The summed E-state index contributed by atoms with van der Waals surface area (Å²) >= 11 is 0. The summed E-state index contributed by atoms with van der Waals surface area (Å²) in [6, 6.07) is 7.79. The number of amides is 1. The van der Waals surface area contributed by atoms with Crippen LogP contribution in [-0.4, -0.2) is 51.0 Å². The van der Waals surface area contributed by atoms with Crippen molar-refractivity contribution in [3.8, 4) is 0 Å². The molecule has 1 amide bonds. The quantitative estimate of drug-likeness (QED) is 0.745. The average Bonchev–Trinajstić information content (AvgIpc) is 2.54. The highest BCUT2D eigenvalue weighted by molar-refractivity contribution is 5.94. The number of hydrogen-bond donors (Lipinski definition) is 2. The lowest BCUT2D eigenvalue weighted by molar-refractivity contribution is -0.892. The van der Waals surface area contributed by atoms with Gasteiger partial charge in [-0.15, -0.1) is 0 Å². The van der Waals surface area contributed by atoms with Gasteiger partial charge in [-0.1, -0.05) is 13.8 Å². The highest BCUT2D eigenvalue weighted by Gasteiger charge is 2.22. The molecule has 1 fully saturated rings. The minimum atomic E-state index is 0.0956. The average molecular weight is 318 g/mol. The number of nitrogens with one attached hydrogen (secondary N) is 2. The van der Waals surface area contributed by atoms with Gasteiger partial charge in [-0.05, 0) is 37.1 Å². The molecule has 0 spiro atoms. The molecule has 1 saturated heterocycles. The van der Waals surface area contributed by atoms with Gasteiger partial charge in [0, 0.05) is 17.8 Å². The third kappa shape index (κ3) is 5.36. The SMILES string of the molecule is CC(=O)c1ccc(N2CC[NH+](CC(=O)NCC(C)C)CC2)cc1. The summed E-state index contributed by atoms with van der Waals surface area (Å²) in [7, 11) is 0. The minimum Gasteiger partial charge on any atom is -0.360 e. The number of benzene rings is 1. The smallest absolute Gasteiger partial charge is 0.275 e. The van der Waals surface area contributed by atoms with Crippen LogP contribution in [0.2, 0.25) is 0 Å². The number of quaternary nitrogens is 1. The van der Waals surface area contributed by atoms with Gasteiger partial charge in [0.1, 0.15) is 0 Å². The Bertz CT molecular complexity index is 532. The fourth-order valence-electron chi connectivity index (χ4n) is 2.77. The summed E-state index contributed by atoms with van der Waals surface area (Å²) in [6.07, 6.45) is 0. The van der Waals surface area contributed by atoms with Crippen LogP contribution in [-0.2, 0) is 4.79 Å². The van der Waals surface area contributed by atoms with E-state index in [1.807, 2.05) is 24.3 Å². The van der Waals surface area contributed by atoms with E-state index in [1.165, 1.54) is 4.90 Å². The Labute approximate surface area is 138 Å². The standard InChI is InChI=1S/C18H27N3O2/c1-14(2)12-19-18(23)13-20-8-10-21(11-9-20)17-6-4-16(5-7-17)15(3)22/h4-7,14H,8-13H2,1-3H3,(H,19,23)/p+1. The van der Waals surface area contributed by atoms with Crippen LogP contribution in [0.5, 0.6) is 0 Å². The number of piperazine rings is 1. The van der Waals surface area contributed by atoms with Crippen molar-refractivity contribution in [2.75, 3.05) is 44.2 Å². The van der Waals surface area contributed by atoms with E-state index in [4.69, 9.17) is 0 Å². The summed E-state index contributed by atoms with van der Waals surface area (Å²) in [5.41, 5.74) is 1.90. The fourth-order valence-corrected chi connectivity index (χ4v) is 2.77. The molecule has 1 aliphatic rings. The zero-order valence-electron chi connectivity index (χ0n) is 14.4. The van der Waals surface area contributed by atoms with Gasteiger partial charge < -0.3 is 15.1 Å². The zero-order valence-corrected chi connectivity index (χ0v) is 14.4. The molecule has 1 aromatic carbocycles. The molecule has 23 heavy (non-hydrogen) atoms. The molecular formula is C18H28N3O2+. The Kier molecular flexibility index (Phi) is 6.16. The lowest BCUT2D eigenvalue weighted by atomic mass is 10.1. The van der Waals surface area contributed by atoms with Crippen molar-refractivity contribution in [2.45, 2.75) is 20.8 Å². The van der Waals surface area contributed by atoms with E-state index in [0.717, 1.165) is 44.0 Å². The molecule has 1 aliphatic heterocycles. The van der Waals surface area contributed by atoms with Gasteiger partial charge in [0.05, 0.1) is 26.2 Å². The number of ketones is 1. The van der Waals surface area contributed by atoms with Gasteiger partial charge in [-0.2, -0.15) is 0 Å². The summed E-state index contributed by atoms with van der Waals surface area (Å²) in [6.45, 7) is 10.9. The summed E-state index contributed by atoms with van der Waals surface area (Å²) in [5.74, 6) is 0.731. The third-order valence-electron chi connectivity index (χ3n) is 4.23. The number of anilines is 1. The van der Waals surface area contributed by atoms with Gasteiger partial charge in [-0.3, -0.25) is 9.59 Å². The Balaban J connectivity index is 1.79. The van der Waals surface area contributed by atoms with Gasteiger partial charge in [-0.25, -0.2) is 0 Å². The Morgan fingerprint density at radius 3 is 2.30 bits per heavy atom. The number of carbonyl (C=O) groups excluding carboxylic acids is 2. The van der Waals surface area contributed by atoms with Crippen molar-refractivity contribution >= 4 is 17.4 Å². The van der Waals surface area contributed by atoms with Crippen LogP contribution < -0.4 is 15.1 Å². The van der Waals surface area contributed by atoms with Gasteiger partial charge >= 0.3 is 0 Å². The minimum absolute atomic E-state index is 0.0956. The summed E-state index contributed by atoms with van der Waals surface area (Å²) < 4.78 is 0. The van der Waals surface area contributed by atoms with Crippen molar-refractivity contribution in [1.82, 2.24) is 5.32 Å². The molecule has 1 heterocycles. The second kappa shape index (κ2) is 8.11. The topological polar surface area (TPSA) is 53.9 Å².